The van der Waals surface area contributed by atoms with Gasteiger partial charge in [-0.05, 0) is 46.4 Å². The maximum atomic E-state index is 12.4. The lowest BCUT2D eigenvalue weighted by molar-refractivity contribution is -0.308. The van der Waals surface area contributed by atoms with E-state index in [2.05, 4.69) is 5.32 Å². The number of hydrogen-bond donors (Lipinski definition) is 1. The molecule has 1 N–H and O–H groups in total. The number of carboxylic acid groups (broad SMARTS) is 1. The number of carbonyl (C=O) groups is 2. The van der Waals surface area contributed by atoms with E-state index in [1.807, 2.05) is 54.6 Å². The Morgan fingerprint density at radius 3 is 2.10 bits per heavy atom. The topological polar surface area (TPSA) is 102 Å². The number of alkyl carbamates (subject to hydrolysis) is 1. The average Bonchev–Trinajstić information content (AvgIpc) is 3.11. The second-order valence-electron chi connectivity index (χ2n) is 7.35. The van der Waals surface area contributed by atoms with Crippen molar-refractivity contribution in [1.29, 1.82) is 5.26 Å². The smallest absolute Gasteiger partial charge is 0.407 e. The molecule has 154 valence electrons. The number of nitrogens with zero attached hydrogens (tertiary/aromatic N) is 1. The van der Waals surface area contributed by atoms with Crippen LogP contribution in [0.1, 0.15) is 28.2 Å². The molecule has 1 aliphatic rings. The molecule has 0 fully saturated rings. The minimum Gasteiger partial charge on any atom is -0.548 e. The summed E-state index contributed by atoms with van der Waals surface area (Å²) >= 11 is 0. The first-order valence-electron chi connectivity index (χ1n) is 9.88. The van der Waals surface area contributed by atoms with Gasteiger partial charge in [0.2, 0.25) is 0 Å². The van der Waals surface area contributed by atoms with E-state index in [9.17, 15) is 14.7 Å². The van der Waals surface area contributed by atoms with E-state index < -0.39 is 18.1 Å². The maximum Gasteiger partial charge on any atom is 0.407 e. The number of carboxylic acids is 1. The second-order valence-corrected chi connectivity index (χ2v) is 7.35. The van der Waals surface area contributed by atoms with Gasteiger partial charge in [0.1, 0.15) is 6.61 Å². The quantitative estimate of drug-likeness (QED) is 0.672. The van der Waals surface area contributed by atoms with Gasteiger partial charge >= 0.3 is 6.09 Å². The predicted octanol–water partition coefficient (Wildman–Crippen LogP) is 2.76. The van der Waals surface area contributed by atoms with Crippen LogP contribution < -0.4 is 10.4 Å². The largest absolute Gasteiger partial charge is 0.548 e. The van der Waals surface area contributed by atoms with Gasteiger partial charge in [0.05, 0.1) is 23.6 Å². The molecule has 6 nitrogen and oxygen atoms in total. The third-order valence-corrected chi connectivity index (χ3v) is 5.44. The monoisotopic (exact) mass is 411 g/mol. The summed E-state index contributed by atoms with van der Waals surface area (Å²) in [5.74, 6) is -1.52. The van der Waals surface area contributed by atoms with E-state index in [1.165, 1.54) is 0 Å². The molecule has 31 heavy (non-hydrogen) atoms. The summed E-state index contributed by atoms with van der Waals surface area (Å²) in [7, 11) is 0. The third kappa shape index (κ3) is 4.26. The summed E-state index contributed by atoms with van der Waals surface area (Å²) in [6, 6.07) is 23.2. The van der Waals surface area contributed by atoms with E-state index in [1.54, 1.807) is 24.3 Å². The van der Waals surface area contributed by atoms with Gasteiger partial charge in [-0.1, -0.05) is 60.7 Å². The first-order chi connectivity index (χ1) is 15.1. The lowest BCUT2D eigenvalue weighted by Crippen LogP contribution is -2.49. The SMILES string of the molecule is N#Cc1ccc(C[C@@H](NC(=O)OCC2c3ccccc3-c3ccccc32)C(=O)[O-])cc1. The van der Waals surface area contributed by atoms with Gasteiger partial charge in [0.15, 0.2) is 0 Å². The van der Waals surface area contributed by atoms with Crippen LogP contribution in [0.3, 0.4) is 0 Å². The maximum absolute atomic E-state index is 12.4. The molecule has 0 bridgehead atoms. The van der Waals surface area contributed by atoms with Crippen molar-refractivity contribution in [3.05, 3.63) is 95.1 Å². The van der Waals surface area contributed by atoms with E-state index >= 15 is 0 Å². The molecule has 1 atom stereocenters. The van der Waals surface area contributed by atoms with Gasteiger partial charge in [0, 0.05) is 5.92 Å². The highest BCUT2D eigenvalue weighted by Crippen LogP contribution is 2.44. The van der Waals surface area contributed by atoms with Crippen molar-refractivity contribution in [2.24, 2.45) is 0 Å². The van der Waals surface area contributed by atoms with Crippen molar-refractivity contribution in [3.63, 3.8) is 0 Å². The number of nitriles is 1. The number of aliphatic carboxylic acids is 1. The van der Waals surface area contributed by atoms with Crippen LogP contribution in [0.2, 0.25) is 0 Å². The second kappa shape index (κ2) is 8.72. The summed E-state index contributed by atoms with van der Waals surface area (Å²) < 4.78 is 5.41. The molecule has 0 heterocycles. The lowest BCUT2D eigenvalue weighted by Gasteiger charge is -2.21. The van der Waals surface area contributed by atoms with Crippen LogP contribution in [0, 0.1) is 11.3 Å². The number of benzene rings is 3. The molecule has 3 aromatic rings. The molecule has 6 heteroatoms. The Morgan fingerprint density at radius 2 is 1.55 bits per heavy atom. The minimum absolute atomic E-state index is 0.0260. The van der Waals surface area contributed by atoms with Crippen LogP contribution >= 0.6 is 0 Å². The number of hydrogen-bond acceptors (Lipinski definition) is 5. The Balaban J connectivity index is 1.42. The summed E-state index contributed by atoms with van der Waals surface area (Å²) in [5.41, 5.74) is 5.50. The number of rotatable bonds is 6. The van der Waals surface area contributed by atoms with Crippen LogP contribution in [-0.4, -0.2) is 24.7 Å². The Labute approximate surface area is 179 Å². The third-order valence-electron chi connectivity index (χ3n) is 5.44. The van der Waals surface area contributed by atoms with Crippen LogP contribution in [0.4, 0.5) is 4.79 Å². The van der Waals surface area contributed by atoms with Crippen LogP contribution in [0.5, 0.6) is 0 Å². The summed E-state index contributed by atoms with van der Waals surface area (Å²) in [4.78, 5) is 23.9. The van der Waals surface area contributed by atoms with E-state index in [0.29, 0.717) is 11.1 Å². The fraction of sp³-hybridized carbons (Fsp3) is 0.160. The molecular weight excluding hydrogens is 392 g/mol. The van der Waals surface area contributed by atoms with Crippen molar-refractivity contribution in [3.8, 4) is 17.2 Å². The van der Waals surface area contributed by atoms with Crippen molar-refractivity contribution in [2.75, 3.05) is 6.61 Å². The highest BCUT2D eigenvalue weighted by atomic mass is 16.5. The number of nitrogens with one attached hydrogen (secondary N) is 1. The molecule has 1 aliphatic carbocycles. The fourth-order valence-corrected chi connectivity index (χ4v) is 3.93. The predicted molar refractivity (Wildman–Crippen MR) is 112 cm³/mol. The van der Waals surface area contributed by atoms with Crippen molar-refractivity contribution >= 4 is 12.1 Å². The zero-order valence-electron chi connectivity index (χ0n) is 16.6. The molecule has 0 radical (unpaired) electrons. The van der Waals surface area contributed by atoms with Crippen LogP contribution in [-0.2, 0) is 16.0 Å². The Morgan fingerprint density at radius 1 is 0.968 bits per heavy atom. The van der Waals surface area contributed by atoms with Crippen LogP contribution in [0.15, 0.2) is 72.8 Å². The molecule has 0 aliphatic heterocycles. The molecule has 3 aromatic carbocycles. The van der Waals surface area contributed by atoms with Gasteiger partial charge in [-0.2, -0.15) is 5.26 Å². The molecular formula is C25H19N2O4-. The fourth-order valence-electron chi connectivity index (χ4n) is 3.93. The summed E-state index contributed by atoms with van der Waals surface area (Å²) in [6.45, 7) is 0.0937. The van der Waals surface area contributed by atoms with E-state index in [-0.39, 0.29) is 18.9 Å². The number of carbonyl (C=O) groups excluding carboxylic acids is 2. The highest BCUT2D eigenvalue weighted by molar-refractivity contribution is 5.80. The van der Waals surface area contributed by atoms with Gasteiger partial charge in [-0.25, -0.2) is 4.79 Å². The molecule has 0 unspecified atom stereocenters. The molecule has 0 spiro atoms. The average molecular weight is 411 g/mol. The number of fused-ring (bicyclic) bond motifs is 3. The Bertz CT molecular complexity index is 1120. The first kappa shape index (κ1) is 20.2. The zero-order chi connectivity index (χ0) is 21.8. The van der Waals surface area contributed by atoms with Crippen LogP contribution in [0.25, 0.3) is 11.1 Å². The Kier molecular flexibility index (Phi) is 5.67. The van der Waals surface area contributed by atoms with Gasteiger partial charge in [-0.3, -0.25) is 0 Å². The van der Waals surface area contributed by atoms with Gasteiger partial charge < -0.3 is 20.0 Å². The Hall–Kier alpha value is -4.11. The lowest BCUT2D eigenvalue weighted by atomic mass is 9.98. The minimum atomic E-state index is -1.40. The summed E-state index contributed by atoms with van der Waals surface area (Å²) in [6.07, 6.45) is -0.789. The molecule has 1 amide bonds. The standard InChI is InChI=1S/C25H20N2O4/c26-14-17-11-9-16(10-12-17)13-23(24(28)29)27-25(30)31-15-22-20-7-3-1-5-18(20)19-6-2-4-8-21(19)22/h1-12,22-23H,13,15H2,(H,27,30)(H,28,29)/p-1/t23-/m1/s1. The first-order valence-corrected chi connectivity index (χ1v) is 9.88. The van der Waals surface area contributed by atoms with E-state index in [0.717, 1.165) is 22.3 Å². The normalized spacial score (nSPS) is 12.9. The van der Waals surface area contributed by atoms with Gasteiger partial charge in [-0.15, -0.1) is 0 Å². The number of ether oxygens (including phenoxy) is 1. The molecule has 0 aromatic heterocycles. The van der Waals surface area contributed by atoms with Gasteiger partial charge in [0.25, 0.3) is 0 Å². The zero-order valence-corrected chi connectivity index (χ0v) is 16.6. The molecule has 0 saturated heterocycles. The summed E-state index contributed by atoms with van der Waals surface area (Å²) in [5, 5.41) is 22.8. The van der Waals surface area contributed by atoms with Crippen molar-refractivity contribution < 1.29 is 19.4 Å². The molecule has 4 rings (SSSR count). The molecule has 0 saturated carbocycles. The highest BCUT2D eigenvalue weighted by Gasteiger charge is 2.29. The van der Waals surface area contributed by atoms with E-state index in [4.69, 9.17) is 10.00 Å². The van der Waals surface area contributed by atoms with Crippen molar-refractivity contribution in [2.45, 2.75) is 18.4 Å². The van der Waals surface area contributed by atoms with Crippen molar-refractivity contribution in [1.82, 2.24) is 5.32 Å². The number of amides is 1.